The molecule has 1 amide bonds. The van der Waals surface area contributed by atoms with E-state index in [1.807, 2.05) is 0 Å². The summed E-state index contributed by atoms with van der Waals surface area (Å²) < 4.78 is 10.4. The Balaban J connectivity index is 1.94. The monoisotopic (exact) mass is 341 g/mol. The molecule has 1 aliphatic rings. The lowest BCUT2D eigenvalue weighted by molar-refractivity contribution is -0.135. The molecular weight excluding hydrogens is 322 g/mol. The maximum absolute atomic E-state index is 12.7. The molecular formula is C19H19NO5. The molecule has 2 aromatic carbocycles. The van der Waals surface area contributed by atoms with Gasteiger partial charge >= 0.3 is 0 Å². The zero-order valence-corrected chi connectivity index (χ0v) is 14.3. The van der Waals surface area contributed by atoms with Crippen molar-refractivity contribution in [2.75, 3.05) is 26.2 Å². The van der Waals surface area contributed by atoms with Gasteiger partial charge in [0.2, 0.25) is 0 Å². The fourth-order valence-corrected chi connectivity index (χ4v) is 3.13. The third-order valence-electron chi connectivity index (χ3n) is 4.49. The molecule has 3 rings (SSSR count). The number of ether oxygens (including phenoxy) is 2. The summed E-state index contributed by atoms with van der Waals surface area (Å²) in [5.41, 5.74) is -0.479. The van der Waals surface area contributed by atoms with Gasteiger partial charge in [0.05, 0.1) is 26.3 Å². The van der Waals surface area contributed by atoms with Gasteiger partial charge in [0.15, 0.2) is 22.9 Å². The Labute approximate surface area is 145 Å². The molecule has 6 nitrogen and oxygen atoms in total. The van der Waals surface area contributed by atoms with Crippen LogP contribution in [0.25, 0.3) is 0 Å². The number of anilines is 1. The first-order valence-corrected chi connectivity index (χ1v) is 7.77. The van der Waals surface area contributed by atoms with Crippen LogP contribution in [0.2, 0.25) is 0 Å². The smallest absolute Gasteiger partial charge is 0.263 e. The summed E-state index contributed by atoms with van der Waals surface area (Å²) >= 11 is 0. The first kappa shape index (κ1) is 17.0. The number of hydrogen-bond donors (Lipinski definition) is 1. The van der Waals surface area contributed by atoms with Crippen LogP contribution in [-0.2, 0) is 10.4 Å². The van der Waals surface area contributed by atoms with Crippen molar-refractivity contribution in [3.8, 4) is 11.5 Å². The Morgan fingerprint density at radius 2 is 1.80 bits per heavy atom. The van der Waals surface area contributed by atoms with Gasteiger partial charge in [0.25, 0.3) is 5.91 Å². The maximum Gasteiger partial charge on any atom is 0.263 e. The molecule has 1 aliphatic heterocycles. The van der Waals surface area contributed by atoms with E-state index in [2.05, 4.69) is 0 Å². The Hall–Kier alpha value is -2.86. The maximum atomic E-state index is 12.7. The molecule has 130 valence electrons. The molecule has 1 unspecified atom stereocenters. The number of carbonyl (C=O) groups excluding carboxylic acids is 2. The van der Waals surface area contributed by atoms with Gasteiger partial charge in [-0.3, -0.25) is 9.59 Å². The minimum atomic E-state index is -1.87. The number of amides is 1. The average Bonchev–Trinajstić information content (AvgIpc) is 2.83. The summed E-state index contributed by atoms with van der Waals surface area (Å²) in [6.07, 6.45) is -0.345. The average molecular weight is 341 g/mol. The third-order valence-corrected chi connectivity index (χ3v) is 4.49. The number of fused-ring (bicyclic) bond motifs is 1. The molecule has 1 heterocycles. The molecule has 0 aliphatic carbocycles. The van der Waals surface area contributed by atoms with Crippen LogP contribution in [0.3, 0.4) is 0 Å². The van der Waals surface area contributed by atoms with E-state index in [-0.39, 0.29) is 12.2 Å². The lowest BCUT2D eigenvalue weighted by Gasteiger charge is -2.21. The molecule has 0 saturated heterocycles. The summed E-state index contributed by atoms with van der Waals surface area (Å²) in [5, 5.41) is 11.0. The summed E-state index contributed by atoms with van der Waals surface area (Å²) in [6, 6.07) is 11.7. The van der Waals surface area contributed by atoms with Crippen molar-refractivity contribution >= 4 is 17.4 Å². The molecule has 0 fully saturated rings. The number of benzene rings is 2. The molecule has 6 heteroatoms. The minimum Gasteiger partial charge on any atom is -0.493 e. The first-order valence-electron chi connectivity index (χ1n) is 7.77. The second-order valence-electron chi connectivity index (χ2n) is 5.91. The quantitative estimate of drug-likeness (QED) is 0.843. The summed E-state index contributed by atoms with van der Waals surface area (Å²) in [5.74, 6) is 0.0415. The van der Waals surface area contributed by atoms with Gasteiger partial charge in [0, 0.05) is 18.2 Å². The van der Waals surface area contributed by atoms with E-state index in [0.29, 0.717) is 28.3 Å². The van der Waals surface area contributed by atoms with Crippen LogP contribution in [0.4, 0.5) is 5.69 Å². The Morgan fingerprint density at radius 1 is 1.12 bits per heavy atom. The number of ketones is 1. The highest BCUT2D eigenvalue weighted by molar-refractivity contribution is 6.10. The molecule has 1 atom stereocenters. The zero-order chi connectivity index (χ0) is 18.2. The number of para-hydroxylation sites is 1. The van der Waals surface area contributed by atoms with Crippen LogP contribution in [0.5, 0.6) is 11.5 Å². The van der Waals surface area contributed by atoms with Crippen LogP contribution < -0.4 is 14.4 Å². The summed E-state index contributed by atoms with van der Waals surface area (Å²) in [7, 11) is 4.57. The van der Waals surface area contributed by atoms with Crippen LogP contribution in [-0.4, -0.2) is 38.1 Å². The van der Waals surface area contributed by atoms with E-state index in [9.17, 15) is 14.7 Å². The van der Waals surface area contributed by atoms with Crippen LogP contribution in [0.15, 0.2) is 42.5 Å². The number of Topliss-reactive ketones (excluding diaryl/α,β-unsaturated/α-hetero) is 1. The molecule has 0 bridgehead atoms. The SMILES string of the molecule is COc1ccc(C(=O)CC2(O)C(=O)N(C)c3ccccc32)cc1OC. The number of methoxy groups -OCH3 is 2. The van der Waals surface area contributed by atoms with Crippen molar-refractivity contribution in [1.82, 2.24) is 0 Å². The standard InChI is InChI=1S/C19H19NO5/c1-20-14-7-5-4-6-13(14)19(23,18(20)22)11-15(21)12-8-9-16(24-2)17(10-12)25-3/h4-10,23H,11H2,1-3H3. The van der Waals surface area contributed by atoms with Gasteiger partial charge in [0.1, 0.15) is 0 Å². The van der Waals surface area contributed by atoms with Crippen molar-refractivity contribution in [2.45, 2.75) is 12.0 Å². The summed E-state index contributed by atoms with van der Waals surface area (Å²) in [6.45, 7) is 0. The van der Waals surface area contributed by atoms with Crippen LogP contribution in [0.1, 0.15) is 22.3 Å². The molecule has 0 saturated carbocycles. The second-order valence-corrected chi connectivity index (χ2v) is 5.91. The highest BCUT2D eigenvalue weighted by Gasteiger charge is 2.49. The van der Waals surface area contributed by atoms with Crippen molar-refractivity contribution < 1.29 is 24.2 Å². The third kappa shape index (κ3) is 2.64. The predicted molar refractivity (Wildman–Crippen MR) is 92.2 cm³/mol. The fraction of sp³-hybridized carbons (Fsp3) is 0.263. The number of aliphatic hydroxyl groups is 1. The van der Waals surface area contributed by atoms with E-state index in [4.69, 9.17) is 9.47 Å². The van der Waals surface area contributed by atoms with Crippen molar-refractivity contribution in [3.63, 3.8) is 0 Å². The number of rotatable bonds is 5. The van der Waals surface area contributed by atoms with Crippen LogP contribution in [0, 0.1) is 0 Å². The van der Waals surface area contributed by atoms with Crippen molar-refractivity contribution in [2.24, 2.45) is 0 Å². The van der Waals surface area contributed by atoms with Gasteiger partial charge in [-0.1, -0.05) is 18.2 Å². The first-order chi connectivity index (χ1) is 11.9. The van der Waals surface area contributed by atoms with Crippen molar-refractivity contribution in [3.05, 3.63) is 53.6 Å². The van der Waals surface area contributed by atoms with E-state index in [1.165, 1.54) is 19.1 Å². The zero-order valence-electron chi connectivity index (χ0n) is 14.3. The Morgan fingerprint density at radius 3 is 2.48 bits per heavy atom. The lowest BCUT2D eigenvalue weighted by Crippen LogP contribution is -2.40. The highest BCUT2D eigenvalue weighted by atomic mass is 16.5. The Kier molecular flexibility index (Phi) is 4.22. The fourth-order valence-electron chi connectivity index (χ4n) is 3.13. The van der Waals surface area contributed by atoms with Gasteiger partial charge in [-0.25, -0.2) is 0 Å². The molecule has 25 heavy (non-hydrogen) atoms. The van der Waals surface area contributed by atoms with Gasteiger partial charge in [-0.2, -0.15) is 0 Å². The molecule has 2 aromatic rings. The molecule has 1 N–H and O–H groups in total. The minimum absolute atomic E-state index is 0.339. The number of carbonyl (C=O) groups is 2. The highest BCUT2D eigenvalue weighted by Crippen LogP contribution is 2.42. The molecule has 0 radical (unpaired) electrons. The number of hydrogen-bond acceptors (Lipinski definition) is 5. The van der Waals surface area contributed by atoms with Gasteiger partial charge in [-0.05, 0) is 24.3 Å². The number of likely N-dealkylation sites (N-methyl/N-ethyl adjacent to an activating group) is 1. The molecule has 0 spiro atoms. The topological polar surface area (TPSA) is 76.1 Å². The lowest BCUT2D eigenvalue weighted by atomic mass is 9.88. The van der Waals surface area contributed by atoms with Gasteiger partial charge < -0.3 is 19.5 Å². The van der Waals surface area contributed by atoms with Crippen LogP contribution >= 0.6 is 0 Å². The largest absolute Gasteiger partial charge is 0.493 e. The van der Waals surface area contributed by atoms with E-state index in [1.54, 1.807) is 49.5 Å². The number of nitrogens with zero attached hydrogens (tertiary/aromatic N) is 1. The predicted octanol–water partition coefficient (Wildman–Crippen LogP) is 2.14. The second kappa shape index (κ2) is 6.22. The normalized spacial score (nSPS) is 18.9. The van der Waals surface area contributed by atoms with E-state index in [0.717, 1.165) is 0 Å². The van der Waals surface area contributed by atoms with E-state index < -0.39 is 11.5 Å². The molecule has 0 aromatic heterocycles. The Bertz CT molecular complexity index is 847. The summed E-state index contributed by atoms with van der Waals surface area (Å²) in [4.78, 5) is 26.6. The van der Waals surface area contributed by atoms with E-state index >= 15 is 0 Å². The van der Waals surface area contributed by atoms with Crippen molar-refractivity contribution in [1.29, 1.82) is 0 Å². The van der Waals surface area contributed by atoms with Gasteiger partial charge in [-0.15, -0.1) is 0 Å².